The van der Waals surface area contributed by atoms with E-state index in [1.807, 2.05) is 0 Å². The zero-order chi connectivity index (χ0) is 13.4. The van der Waals surface area contributed by atoms with Gasteiger partial charge in [0.05, 0.1) is 18.4 Å². The molecular weight excluding hydrogens is 240 g/mol. The van der Waals surface area contributed by atoms with Crippen LogP contribution in [0.1, 0.15) is 0 Å². The lowest BCUT2D eigenvalue weighted by Crippen LogP contribution is -2.40. The van der Waals surface area contributed by atoms with Crippen LogP contribution in [0.4, 0.5) is 10.5 Å². The molecule has 1 aromatic rings. The summed E-state index contributed by atoms with van der Waals surface area (Å²) in [6.45, 7) is -0.788. The summed E-state index contributed by atoms with van der Waals surface area (Å²) >= 11 is 0. The van der Waals surface area contributed by atoms with Crippen LogP contribution in [0.15, 0.2) is 24.5 Å². The average Bonchev–Trinajstić information content (AvgIpc) is 2.35. The van der Waals surface area contributed by atoms with Gasteiger partial charge in [0.25, 0.3) is 0 Å². The van der Waals surface area contributed by atoms with E-state index in [9.17, 15) is 14.4 Å². The number of carbonyl (C=O) groups is 3. The quantitative estimate of drug-likeness (QED) is 0.558. The molecule has 1 heterocycles. The molecule has 8 nitrogen and oxygen atoms in total. The van der Waals surface area contributed by atoms with Crippen molar-refractivity contribution >= 4 is 23.6 Å². The molecule has 3 amide bonds. The van der Waals surface area contributed by atoms with Gasteiger partial charge < -0.3 is 21.1 Å². The van der Waals surface area contributed by atoms with E-state index in [1.54, 1.807) is 18.3 Å². The van der Waals surface area contributed by atoms with Crippen molar-refractivity contribution in [1.82, 2.24) is 15.6 Å². The van der Waals surface area contributed by atoms with Gasteiger partial charge in [-0.3, -0.25) is 14.6 Å². The molecule has 0 unspecified atom stereocenters. The van der Waals surface area contributed by atoms with Crippen molar-refractivity contribution in [3.8, 4) is 0 Å². The molecule has 1 aromatic heterocycles. The van der Waals surface area contributed by atoms with Crippen molar-refractivity contribution in [2.75, 3.05) is 18.4 Å². The lowest BCUT2D eigenvalue weighted by Gasteiger charge is -2.06. The number of carboxylic acids is 1. The highest BCUT2D eigenvalue weighted by atomic mass is 16.4. The summed E-state index contributed by atoms with van der Waals surface area (Å²) in [6, 6.07) is 2.71. The van der Waals surface area contributed by atoms with Crippen molar-refractivity contribution in [2.45, 2.75) is 0 Å². The van der Waals surface area contributed by atoms with Crippen LogP contribution in [-0.2, 0) is 9.59 Å². The first-order chi connectivity index (χ1) is 8.58. The van der Waals surface area contributed by atoms with E-state index in [2.05, 4.69) is 20.9 Å². The molecular formula is C10H12N4O4. The van der Waals surface area contributed by atoms with Crippen LogP contribution < -0.4 is 16.0 Å². The Morgan fingerprint density at radius 3 is 2.61 bits per heavy atom. The Kier molecular flexibility index (Phi) is 5.10. The van der Waals surface area contributed by atoms with E-state index in [0.29, 0.717) is 5.69 Å². The summed E-state index contributed by atoms with van der Waals surface area (Å²) in [5, 5.41) is 15.1. The van der Waals surface area contributed by atoms with Crippen molar-refractivity contribution in [3.05, 3.63) is 24.5 Å². The van der Waals surface area contributed by atoms with Gasteiger partial charge in [-0.15, -0.1) is 0 Å². The smallest absolute Gasteiger partial charge is 0.322 e. The Morgan fingerprint density at radius 1 is 1.22 bits per heavy atom. The first kappa shape index (κ1) is 13.4. The topological polar surface area (TPSA) is 120 Å². The number of aliphatic carboxylic acids is 1. The minimum absolute atomic E-state index is 0.306. The second-order valence-electron chi connectivity index (χ2n) is 3.22. The van der Waals surface area contributed by atoms with E-state index < -0.39 is 24.5 Å². The van der Waals surface area contributed by atoms with E-state index in [-0.39, 0.29) is 6.54 Å². The summed E-state index contributed by atoms with van der Waals surface area (Å²) in [4.78, 5) is 36.3. The lowest BCUT2D eigenvalue weighted by atomic mass is 10.4. The normalized spacial score (nSPS) is 9.33. The molecule has 0 saturated carbocycles. The minimum atomic E-state index is -1.15. The second-order valence-corrected chi connectivity index (χ2v) is 3.22. The third kappa shape index (κ3) is 5.45. The van der Waals surface area contributed by atoms with Crippen molar-refractivity contribution in [3.63, 3.8) is 0 Å². The number of aromatic nitrogens is 1. The SMILES string of the molecule is O=C(O)CNC(=O)CNC(=O)Nc1cccnc1. The highest BCUT2D eigenvalue weighted by molar-refractivity contribution is 5.92. The molecule has 0 aliphatic rings. The second kappa shape index (κ2) is 6.84. The molecule has 4 N–H and O–H groups in total. The Hall–Kier alpha value is -2.64. The zero-order valence-electron chi connectivity index (χ0n) is 9.34. The molecule has 0 bridgehead atoms. The maximum Gasteiger partial charge on any atom is 0.322 e. The van der Waals surface area contributed by atoms with Crippen molar-refractivity contribution in [1.29, 1.82) is 0 Å². The molecule has 0 atom stereocenters. The molecule has 18 heavy (non-hydrogen) atoms. The number of amides is 3. The summed E-state index contributed by atoms with van der Waals surface area (Å²) in [7, 11) is 0. The predicted molar refractivity (Wildman–Crippen MR) is 61.9 cm³/mol. The van der Waals surface area contributed by atoms with E-state index in [4.69, 9.17) is 5.11 Å². The minimum Gasteiger partial charge on any atom is -0.480 e. The molecule has 0 saturated heterocycles. The van der Waals surface area contributed by atoms with Gasteiger partial charge in [-0.1, -0.05) is 0 Å². The summed E-state index contributed by atoms with van der Waals surface area (Å²) in [5.41, 5.74) is 0.487. The third-order valence-electron chi connectivity index (χ3n) is 1.77. The van der Waals surface area contributed by atoms with Crippen LogP contribution in [0.5, 0.6) is 0 Å². The average molecular weight is 252 g/mol. The number of anilines is 1. The molecule has 0 radical (unpaired) electrons. The summed E-state index contributed by atoms with van der Waals surface area (Å²) in [6.07, 6.45) is 3.01. The number of nitrogens with zero attached hydrogens (tertiary/aromatic N) is 1. The Bertz CT molecular complexity index is 435. The number of carbonyl (C=O) groups excluding carboxylic acids is 2. The molecule has 0 fully saturated rings. The largest absolute Gasteiger partial charge is 0.480 e. The standard InChI is InChI=1S/C10H12N4O4/c15-8(12-6-9(16)17)5-13-10(18)14-7-2-1-3-11-4-7/h1-4H,5-6H2,(H,12,15)(H,16,17)(H2,13,14,18). The van der Waals surface area contributed by atoms with Crippen LogP contribution in [-0.4, -0.2) is 41.1 Å². The van der Waals surface area contributed by atoms with Gasteiger partial charge in [0.2, 0.25) is 5.91 Å². The van der Waals surface area contributed by atoms with Crippen molar-refractivity contribution < 1.29 is 19.5 Å². The summed E-state index contributed by atoms with van der Waals surface area (Å²) < 4.78 is 0. The monoisotopic (exact) mass is 252 g/mol. The fraction of sp³-hybridized carbons (Fsp3) is 0.200. The van der Waals surface area contributed by atoms with Gasteiger partial charge >= 0.3 is 12.0 Å². The van der Waals surface area contributed by atoms with Crippen LogP contribution in [0.3, 0.4) is 0 Å². The summed E-state index contributed by atoms with van der Waals surface area (Å²) in [5.74, 6) is -1.73. The van der Waals surface area contributed by atoms with Gasteiger partial charge in [0.1, 0.15) is 6.54 Å². The number of rotatable bonds is 5. The van der Waals surface area contributed by atoms with Crippen molar-refractivity contribution in [2.24, 2.45) is 0 Å². The number of pyridine rings is 1. The lowest BCUT2D eigenvalue weighted by molar-refractivity contribution is -0.137. The zero-order valence-corrected chi connectivity index (χ0v) is 9.34. The number of nitrogens with one attached hydrogen (secondary N) is 3. The number of hydrogen-bond donors (Lipinski definition) is 4. The first-order valence-corrected chi connectivity index (χ1v) is 5.01. The molecule has 96 valence electrons. The molecule has 0 aliphatic carbocycles. The Labute approximate surface area is 102 Å². The molecule has 0 aromatic carbocycles. The number of urea groups is 1. The van der Waals surface area contributed by atoms with E-state index in [0.717, 1.165) is 0 Å². The van der Waals surface area contributed by atoms with Gasteiger partial charge in [-0.05, 0) is 12.1 Å². The fourth-order valence-electron chi connectivity index (χ4n) is 1.01. The van der Waals surface area contributed by atoms with Gasteiger partial charge in [-0.25, -0.2) is 4.79 Å². The fourth-order valence-corrected chi connectivity index (χ4v) is 1.01. The molecule has 0 aliphatic heterocycles. The highest BCUT2D eigenvalue weighted by Crippen LogP contribution is 2.01. The molecule has 1 rings (SSSR count). The van der Waals surface area contributed by atoms with Crippen LogP contribution in [0, 0.1) is 0 Å². The Morgan fingerprint density at radius 2 is 2.00 bits per heavy atom. The Balaban J connectivity index is 2.25. The van der Waals surface area contributed by atoms with Gasteiger partial charge in [0.15, 0.2) is 0 Å². The van der Waals surface area contributed by atoms with E-state index >= 15 is 0 Å². The molecule has 8 heteroatoms. The van der Waals surface area contributed by atoms with Crippen LogP contribution in [0.2, 0.25) is 0 Å². The van der Waals surface area contributed by atoms with Gasteiger partial charge in [0, 0.05) is 6.20 Å². The highest BCUT2D eigenvalue weighted by Gasteiger charge is 2.06. The van der Waals surface area contributed by atoms with Crippen LogP contribution >= 0.6 is 0 Å². The molecule has 0 spiro atoms. The predicted octanol–water partition coefficient (Wildman–Crippen LogP) is -0.596. The maximum atomic E-state index is 11.3. The maximum absolute atomic E-state index is 11.3. The number of hydrogen-bond acceptors (Lipinski definition) is 4. The van der Waals surface area contributed by atoms with Gasteiger partial charge in [-0.2, -0.15) is 0 Å². The number of carboxylic acid groups (broad SMARTS) is 1. The van der Waals surface area contributed by atoms with Crippen LogP contribution in [0.25, 0.3) is 0 Å². The third-order valence-corrected chi connectivity index (χ3v) is 1.77. The van der Waals surface area contributed by atoms with E-state index in [1.165, 1.54) is 6.20 Å². The first-order valence-electron chi connectivity index (χ1n) is 5.01.